The number of carbonyl (C=O) groups excluding carboxylic acids is 2. The third kappa shape index (κ3) is 7.75. The first kappa shape index (κ1) is 28.0. The third-order valence-electron chi connectivity index (χ3n) is 6.45. The van der Waals surface area contributed by atoms with E-state index in [9.17, 15) is 27.9 Å². The summed E-state index contributed by atoms with van der Waals surface area (Å²) < 4.78 is 42.9. The van der Waals surface area contributed by atoms with E-state index in [4.69, 9.17) is 0 Å². The van der Waals surface area contributed by atoms with Crippen molar-refractivity contribution in [3.63, 3.8) is 0 Å². The molecule has 2 amide bonds. The van der Waals surface area contributed by atoms with Crippen LogP contribution in [0.15, 0.2) is 18.2 Å². The molecule has 0 radical (unpaired) electrons. The van der Waals surface area contributed by atoms with Gasteiger partial charge in [0.1, 0.15) is 0 Å². The SMILES string of the molecule is CN1CCN(CC(=O)Nc2cc(C(=O)Nc3nnc(N4CCC(C)(O)CC4)s3)ccc2OC(F)(F)F)CC1. The van der Waals surface area contributed by atoms with Crippen LogP contribution in [-0.4, -0.2) is 102 Å². The number of halogens is 3. The van der Waals surface area contributed by atoms with Crippen molar-refractivity contribution < 1.29 is 32.6 Å². The predicted octanol–water partition coefficient (Wildman–Crippen LogP) is 2.23. The second-order valence-corrected chi connectivity index (χ2v) is 10.7. The maximum atomic E-state index is 13.0. The molecule has 2 fully saturated rings. The van der Waals surface area contributed by atoms with Crippen LogP contribution in [0.2, 0.25) is 0 Å². The lowest BCUT2D eigenvalue weighted by Gasteiger charge is -2.35. The molecule has 15 heteroatoms. The summed E-state index contributed by atoms with van der Waals surface area (Å²) in [5, 5.41) is 24.0. The number of carbonyl (C=O) groups is 2. The topological polar surface area (TPSA) is 123 Å². The molecule has 0 unspecified atom stereocenters. The molecular formula is C23H30F3N7O4S. The third-order valence-corrected chi connectivity index (χ3v) is 7.35. The zero-order chi connectivity index (χ0) is 27.5. The number of rotatable bonds is 7. The first-order valence-electron chi connectivity index (χ1n) is 12.1. The number of hydrogen-bond donors (Lipinski definition) is 3. The molecule has 1 aromatic carbocycles. The van der Waals surface area contributed by atoms with E-state index in [0.717, 1.165) is 36.6 Å². The van der Waals surface area contributed by atoms with Crippen LogP contribution in [0.3, 0.4) is 0 Å². The highest BCUT2D eigenvalue weighted by Crippen LogP contribution is 2.33. The van der Waals surface area contributed by atoms with Crippen LogP contribution in [-0.2, 0) is 4.79 Å². The van der Waals surface area contributed by atoms with Gasteiger partial charge >= 0.3 is 6.36 Å². The molecule has 0 saturated carbocycles. The predicted molar refractivity (Wildman–Crippen MR) is 136 cm³/mol. The number of nitrogens with one attached hydrogen (secondary N) is 2. The molecule has 2 saturated heterocycles. The van der Waals surface area contributed by atoms with E-state index in [1.165, 1.54) is 6.07 Å². The maximum Gasteiger partial charge on any atom is 0.573 e. The minimum Gasteiger partial charge on any atom is -0.404 e. The fourth-order valence-electron chi connectivity index (χ4n) is 4.12. The molecule has 4 rings (SSSR count). The number of likely N-dealkylation sites (N-methyl/N-ethyl adjacent to an activating group) is 1. The Balaban J connectivity index is 1.43. The Morgan fingerprint density at radius 3 is 2.45 bits per heavy atom. The number of amides is 2. The number of hydrogen-bond acceptors (Lipinski definition) is 10. The van der Waals surface area contributed by atoms with Gasteiger partial charge in [0, 0.05) is 44.8 Å². The molecule has 11 nitrogen and oxygen atoms in total. The highest BCUT2D eigenvalue weighted by atomic mass is 32.1. The number of alkyl halides is 3. The van der Waals surface area contributed by atoms with Crippen molar-refractivity contribution >= 4 is 39.1 Å². The number of ether oxygens (including phenoxy) is 1. The summed E-state index contributed by atoms with van der Waals surface area (Å²) in [6, 6.07) is 3.28. The second-order valence-electron chi connectivity index (χ2n) is 9.71. The fourth-order valence-corrected chi connectivity index (χ4v) is 4.92. The van der Waals surface area contributed by atoms with Crippen LogP contribution in [0.25, 0.3) is 0 Å². The molecule has 208 valence electrons. The smallest absolute Gasteiger partial charge is 0.404 e. The van der Waals surface area contributed by atoms with E-state index in [0.29, 0.717) is 44.2 Å². The highest BCUT2D eigenvalue weighted by Gasteiger charge is 2.33. The summed E-state index contributed by atoms with van der Waals surface area (Å²) in [6.07, 6.45) is -3.83. The summed E-state index contributed by atoms with van der Waals surface area (Å²) in [4.78, 5) is 31.4. The molecule has 0 spiro atoms. The number of nitrogens with zero attached hydrogens (tertiary/aromatic N) is 5. The van der Waals surface area contributed by atoms with Gasteiger partial charge in [0.25, 0.3) is 5.91 Å². The molecule has 3 N–H and O–H groups in total. The number of benzene rings is 1. The van der Waals surface area contributed by atoms with Crippen LogP contribution >= 0.6 is 11.3 Å². The summed E-state index contributed by atoms with van der Waals surface area (Å²) >= 11 is 1.15. The van der Waals surface area contributed by atoms with Crippen molar-refractivity contribution in [3.8, 4) is 5.75 Å². The number of aromatic nitrogens is 2. The molecule has 2 aliphatic heterocycles. The summed E-state index contributed by atoms with van der Waals surface area (Å²) in [6.45, 7) is 5.81. The summed E-state index contributed by atoms with van der Waals surface area (Å²) in [5.74, 6) is -1.78. The minimum atomic E-state index is -4.98. The van der Waals surface area contributed by atoms with Gasteiger partial charge in [-0.2, -0.15) is 0 Å². The van der Waals surface area contributed by atoms with Gasteiger partial charge in [-0.25, -0.2) is 0 Å². The number of piperazine rings is 1. The quantitative estimate of drug-likeness (QED) is 0.470. The lowest BCUT2D eigenvalue weighted by atomic mass is 9.94. The Labute approximate surface area is 221 Å². The number of anilines is 3. The van der Waals surface area contributed by atoms with Gasteiger partial charge in [-0.1, -0.05) is 11.3 Å². The summed E-state index contributed by atoms with van der Waals surface area (Å²) in [7, 11) is 1.97. The van der Waals surface area contributed by atoms with Crippen molar-refractivity contribution in [3.05, 3.63) is 23.8 Å². The first-order valence-corrected chi connectivity index (χ1v) is 12.9. The number of piperidine rings is 1. The van der Waals surface area contributed by atoms with Gasteiger partial charge in [-0.3, -0.25) is 19.8 Å². The van der Waals surface area contributed by atoms with E-state index in [1.807, 2.05) is 16.8 Å². The average Bonchev–Trinajstić information content (AvgIpc) is 3.29. The monoisotopic (exact) mass is 557 g/mol. The Bertz CT molecular complexity index is 1140. The normalized spacial score (nSPS) is 18.7. The molecule has 38 heavy (non-hydrogen) atoms. The highest BCUT2D eigenvalue weighted by molar-refractivity contribution is 7.19. The van der Waals surface area contributed by atoms with E-state index >= 15 is 0 Å². The maximum absolute atomic E-state index is 13.0. The summed E-state index contributed by atoms with van der Waals surface area (Å²) in [5.41, 5.74) is -0.995. The lowest BCUT2D eigenvalue weighted by molar-refractivity contribution is -0.274. The van der Waals surface area contributed by atoms with Crippen LogP contribution in [0.5, 0.6) is 5.75 Å². The van der Waals surface area contributed by atoms with Crippen molar-refractivity contribution in [1.29, 1.82) is 0 Å². The van der Waals surface area contributed by atoms with Crippen molar-refractivity contribution in [2.45, 2.75) is 31.7 Å². The van der Waals surface area contributed by atoms with Crippen LogP contribution < -0.4 is 20.3 Å². The first-order chi connectivity index (χ1) is 17.9. The van der Waals surface area contributed by atoms with Gasteiger partial charge in [-0.15, -0.1) is 23.4 Å². The van der Waals surface area contributed by atoms with Gasteiger partial charge < -0.3 is 25.0 Å². The van der Waals surface area contributed by atoms with Crippen LogP contribution in [0.4, 0.5) is 29.1 Å². The minimum absolute atomic E-state index is 0.000177. The van der Waals surface area contributed by atoms with Gasteiger partial charge in [0.2, 0.25) is 16.2 Å². The molecule has 2 aliphatic rings. The Morgan fingerprint density at radius 2 is 1.79 bits per heavy atom. The fraction of sp³-hybridized carbons (Fsp3) is 0.565. The molecule has 3 heterocycles. The Morgan fingerprint density at radius 1 is 1.11 bits per heavy atom. The molecule has 0 aliphatic carbocycles. The Kier molecular flexibility index (Phi) is 8.40. The molecule has 0 bridgehead atoms. The molecule has 0 atom stereocenters. The molecule has 2 aromatic rings. The number of aliphatic hydroxyl groups is 1. The van der Waals surface area contributed by atoms with E-state index in [-0.39, 0.29) is 22.9 Å². The van der Waals surface area contributed by atoms with Gasteiger partial charge in [-0.05, 0) is 45.0 Å². The second kappa shape index (κ2) is 11.4. The van der Waals surface area contributed by atoms with Crippen molar-refractivity contribution in [2.24, 2.45) is 0 Å². The van der Waals surface area contributed by atoms with Gasteiger partial charge in [0.15, 0.2) is 5.75 Å². The van der Waals surface area contributed by atoms with Gasteiger partial charge in [0.05, 0.1) is 17.8 Å². The molecular weight excluding hydrogens is 527 g/mol. The standard InChI is InChI=1S/C23H30F3N7O4S/c1-22(36)5-7-33(8-6-22)21-30-29-20(38-21)28-19(35)15-3-4-17(37-23(24,25)26)16(13-15)27-18(34)14-32-11-9-31(2)10-12-32/h3-4,13,36H,5-12,14H2,1-2H3,(H,27,34)(H,28,29,35). The zero-order valence-electron chi connectivity index (χ0n) is 21.0. The van der Waals surface area contributed by atoms with E-state index in [2.05, 4.69) is 30.5 Å². The van der Waals surface area contributed by atoms with Crippen LogP contribution in [0, 0.1) is 0 Å². The van der Waals surface area contributed by atoms with Crippen LogP contribution in [0.1, 0.15) is 30.1 Å². The van der Waals surface area contributed by atoms with Crippen molar-refractivity contribution in [2.75, 3.05) is 68.4 Å². The largest absolute Gasteiger partial charge is 0.573 e. The average molecular weight is 558 g/mol. The van der Waals surface area contributed by atoms with E-state index < -0.39 is 29.5 Å². The van der Waals surface area contributed by atoms with Crippen molar-refractivity contribution in [1.82, 2.24) is 20.0 Å². The zero-order valence-corrected chi connectivity index (χ0v) is 21.9. The Hall–Kier alpha value is -3.01. The lowest BCUT2D eigenvalue weighted by Crippen LogP contribution is -2.47. The molecule has 1 aromatic heterocycles. The van der Waals surface area contributed by atoms with E-state index in [1.54, 1.807) is 6.92 Å².